The van der Waals surface area contributed by atoms with E-state index >= 15 is 0 Å². The van der Waals surface area contributed by atoms with Crippen LogP contribution >= 0.6 is 11.3 Å². The number of nitrogens with zero attached hydrogens (tertiary/aromatic N) is 3. The van der Waals surface area contributed by atoms with Crippen LogP contribution < -0.4 is 0 Å². The molecule has 238 valence electrons. The minimum atomic E-state index is 0.642. The van der Waals surface area contributed by atoms with Gasteiger partial charge in [-0.1, -0.05) is 146 Å². The summed E-state index contributed by atoms with van der Waals surface area (Å²) in [5.74, 6) is 1.95. The van der Waals surface area contributed by atoms with E-state index in [0.717, 1.165) is 49.4 Å². The van der Waals surface area contributed by atoms with Crippen molar-refractivity contribution >= 4 is 53.1 Å². The fourth-order valence-corrected chi connectivity index (χ4v) is 8.29. The molecule has 4 heteroatoms. The highest BCUT2D eigenvalue weighted by molar-refractivity contribution is 7.25. The maximum atomic E-state index is 5.16. The van der Waals surface area contributed by atoms with Gasteiger partial charge >= 0.3 is 0 Å². The smallest absolute Gasteiger partial charge is 0.164 e. The van der Waals surface area contributed by atoms with Gasteiger partial charge in [-0.2, -0.15) is 0 Å². The summed E-state index contributed by atoms with van der Waals surface area (Å²) < 4.78 is 2.63. The van der Waals surface area contributed by atoms with Crippen LogP contribution in [0.3, 0.4) is 0 Å². The Morgan fingerprint density at radius 2 is 0.745 bits per heavy atom. The second-order valence-electron chi connectivity index (χ2n) is 12.8. The number of benzene rings is 8. The van der Waals surface area contributed by atoms with E-state index in [-0.39, 0.29) is 0 Å². The maximum Gasteiger partial charge on any atom is 0.164 e. The molecule has 0 saturated carbocycles. The van der Waals surface area contributed by atoms with Crippen LogP contribution in [0.1, 0.15) is 0 Å². The summed E-state index contributed by atoms with van der Waals surface area (Å²) in [6.45, 7) is 0. The van der Waals surface area contributed by atoms with Gasteiger partial charge in [0.05, 0.1) is 0 Å². The lowest BCUT2D eigenvalue weighted by molar-refractivity contribution is 1.08. The Kier molecular flexibility index (Phi) is 7.00. The van der Waals surface area contributed by atoms with E-state index in [1.54, 1.807) is 0 Å². The quantitative estimate of drug-likeness (QED) is 0.183. The fourth-order valence-electron chi connectivity index (χ4n) is 7.21. The molecule has 0 spiro atoms. The molecule has 0 aliphatic carbocycles. The molecule has 0 atom stereocenters. The van der Waals surface area contributed by atoms with E-state index in [2.05, 4.69) is 176 Å². The standard InChI is InChI=1S/C47H29N3S/c1-3-19-37-30(11-1)13-9-22-40(37)46-48-45(49-47(50-46)41-23-10-14-31-12-2-4-20-38(31)41)36-18-8-17-34(28-36)32-15-7-16-33(27-32)35-25-26-44-42(29-35)39-21-5-6-24-43(39)51-44/h1-29H. The molecule has 51 heavy (non-hydrogen) atoms. The number of rotatable bonds is 5. The van der Waals surface area contributed by atoms with Crippen LogP contribution in [0.2, 0.25) is 0 Å². The molecule has 0 unspecified atom stereocenters. The van der Waals surface area contributed by atoms with Gasteiger partial charge in [-0.3, -0.25) is 0 Å². The van der Waals surface area contributed by atoms with Crippen molar-refractivity contribution in [2.24, 2.45) is 0 Å². The Morgan fingerprint density at radius 3 is 1.39 bits per heavy atom. The molecule has 0 N–H and O–H groups in total. The van der Waals surface area contributed by atoms with Gasteiger partial charge < -0.3 is 0 Å². The summed E-state index contributed by atoms with van der Waals surface area (Å²) in [7, 11) is 0. The molecular weight excluding hydrogens is 639 g/mol. The lowest BCUT2D eigenvalue weighted by atomic mass is 9.97. The third-order valence-electron chi connectivity index (χ3n) is 9.72. The van der Waals surface area contributed by atoms with Gasteiger partial charge in [0.15, 0.2) is 17.5 Å². The molecule has 10 aromatic rings. The largest absolute Gasteiger partial charge is 0.208 e. The van der Waals surface area contributed by atoms with Crippen LogP contribution in [-0.2, 0) is 0 Å². The third kappa shape index (κ3) is 5.25. The van der Waals surface area contributed by atoms with Gasteiger partial charge in [-0.05, 0) is 74.1 Å². The number of fused-ring (bicyclic) bond motifs is 5. The summed E-state index contributed by atoms with van der Waals surface area (Å²) in [4.78, 5) is 15.5. The first-order valence-electron chi connectivity index (χ1n) is 17.1. The Balaban J connectivity index is 1.10. The molecule has 0 amide bonds. The van der Waals surface area contributed by atoms with Crippen LogP contribution in [0.4, 0.5) is 0 Å². The van der Waals surface area contributed by atoms with Crippen LogP contribution in [-0.4, -0.2) is 15.0 Å². The monoisotopic (exact) mass is 667 g/mol. The van der Waals surface area contributed by atoms with E-state index in [1.807, 2.05) is 11.3 Å². The van der Waals surface area contributed by atoms with E-state index < -0.39 is 0 Å². The van der Waals surface area contributed by atoms with Crippen LogP contribution in [0.25, 0.3) is 98.1 Å². The second kappa shape index (κ2) is 12.1. The highest BCUT2D eigenvalue weighted by Crippen LogP contribution is 2.38. The Labute approximate surface area is 299 Å². The normalized spacial score (nSPS) is 11.5. The van der Waals surface area contributed by atoms with Gasteiger partial charge in [-0.25, -0.2) is 15.0 Å². The second-order valence-corrected chi connectivity index (χ2v) is 13.9. The topological polar surface area (TPSA) is 38.7 Å². The molecule has 8 aromatic carbocycles. The summed E-state index contributed by atoms with van der Waals surface area (Å²) in [6.07, 6.45) is 0. The zero-order valence-corrected chi connectivity index (χ0v) is 28.3. The first kappa shape index (κ1) is 29.4. The summed E-state index contributed by atoms with van der Waals surface area (Å²) >= 11 is 1.85. The number of aromatic nitrogens is 3. The minimum Gasteiger partial charge on any atom is -0.208 e. The average molecular weight is 668 g/mol. The summed E-state index contributed by atoms with van der Waals surface area (Å²) in [5, 5.41) is 7.14. The molecule has 0 aliphatic rings. The molecule has 0 fully saturated rings. The van der Waals surface area contributed by atoms with Crippen molar-refractivity contribution in [3.8, 4) is 56.4 Å². The molecular formula is C47H29N3S. The van der Waals surface area contributed by atoms with Gasteiger partial charge in [-0.15, -0.1) is 11.3 Å². The number of hydrogen-bond acceptors (Lipinski definition) is 4. The number of thiophene rings is 1. The SMILES string of the molecule is c1cc(-c2cccc(-c3nc(-c4cccc5ccccc45)nc(-c4cccc5ccccc45)n3)c2)cc(-c2ccc3sc4ccccc4c3c2)c1. The van der Waals surface area contributed by atoms with Crippen molar-refractivity contribution in [2.75, 3.05) is 0 Å². The lowest BCUT2D eigenvalue weighted by Gasteiger charge is -2.12. The van der Waals surface area contributed by atoms with E-state index in [0.29, 0.717) is 17.5 Å². The van der Waals surface area contributed by atoms with Gasteiger partial charge in [0, 0.05) is 36.9 Å². The molecule has 0 radical (unpaired) electrons. The lowest BCUT2D eigenvalue weighted by Crippen LogP contribution is -2.01. The van der Waals surface area contributed by atoms with E-state index in [1.165, 1.54) is 31.3 Å². The minimum absolute atomic E-state index is 0.642. The van der Waals surface area contributed by atoms with Crippen LogP contribution in [0.5, 0.6) is 0 Å². The van der Waals surface area contributed by atoms with Crippen molar-refractivity contribution in [3.63, 3.8) is 0 Å². The fraction of sp³-hybridized carbons (Fsp3) is 0. The molecule has 0 saturated heterocycles. The molecule has 2 heterocycles. The molecule has 0 aliphatic heterocycles. The van der Waals surface area contributed by atoms with E-state index in [4.69, 9.17) is 15.0 Å². The molecule has 0 bridgehead atoms. The molecule has 10 rings (SSSR count). The first-order chi connectivity index (χ1) is 25.2. The zero-order valence-electron chi connectivity index (χ0n) is 27.5. The van der Waals surface area contributed by atoms with Gasteiger partial charge in [0.1, 0.15) is 0 Å². The highest BCUT2D eigenvalue weighted by Gasteiger charge is 2.16. The van der Waals surface area contributed by atoms with Crippen molar-refractivity contribution in [1.82, 2.24) is 15.0 Å². The van der Waals surface area contributed by atoms with Crippen molar-refractivity contribution in [3.05, 3.63) is 176 Å². The third-order valence-corrected chi connectivity index (χ3v) is 10.9. The summed E-state index contributed by atoms with van der Waals surface area (Å²) in [6, 6.07) is 62.3. The van der Waals surface area contributed by atoms with Crippen LogP contribution in [0.15, 0.2) is 176 Å². The first-order valence-corrected chi connectivity index (χ1v) is 17.9. The molecule has 2 aromatic heterocycles. The Hall–Kier alpha value is -6.49. The summed E-state index contributed by atoms with van der Waals surface area (Å²) in [5.41, 5.74) is 7.55. The predicted octanol–water partition coefficient (Wildman–Crippen LogP) is 12.9. The highest BCUT2D eigenvalue weighted by atomic mass is 32.1. The predicted molar refractivity (Wildman–Crippen MR) is 215 cm³/mol. The van der Waals surface area contributed by atoms with Crippen molar-refractivity contribution < 1.29 is 0 Å². The average Bonchev–Trinajstić information content (AvgIpc) is 3.58. The van der Waals surface area contributed by atoms with Crippen molar-refractivity contribution in [2.45, 2.75) is 0 Å². The molecule has 3 nitrogen and oxygen atoms in total. The van der Waals surface area contributed by atoms with Gasteiger partial charge in [0.25, 0.3) is 0 Å². The Morgan fingerprint density at radius 1 is 0.294 bits per heavy atom. The Bertz CT molecular complexity index is 2830. The van der Waals surface area contributed by atoms with E-state index in [9.17, 15) is 0 Å². The number of hydrogen-bond donors (Lipinski definition) is 0. The zero-order chi connectivity index (χ0) is 33.7. The van der Waals surface area contributed by atoms with Crippen molar-refractivity contribution in [1.29, 1.82) is 0 Å². The van der Waals surface area contributed by atoms with Gasteiger partial charge in [0.2, 0.25) is 0 Å². The maximum absolute atomic E-state index is 5.16. The van der Waals surface area contributed by atoms with Crippen LogP contribution in [0, 0.1) is 0 Å².